The summed E-state index contributed by atoms with van der Waals surface area (Å²) in [6, 6.07) is 7.75. The Kier molecular flexibility index (Phi) is 3.39. The Morgan fingerprint density at radius 2 is 2.11 bits per heavy atom. The number of hydrogen-bond donors (Lipinski definition) is 2. The zero-order valence-corrected chi connectivity index (χ0v) is 10.9. The molecule has 4 nitrogen and oxygen atoms in total. The molecule has 0 fully saturated rings. The fourth-order valence-electron chi connectivity index (χ4n) is 2.03. The van der Waals surface area contributed by atoms with Crippen LogP contribution in [0.15, 0.2) is 30.5 Å². The van der Waals surface area contributed by atoms with Crippen molar-refractivity contribution in [2.45, 2.75) is 19.4 Å². The lowest BCUT2D eigenvalue weighted by Crippen LogP contribution is -2.46. The number of benzene rings is 1. The number of aromatic amines is 1. The first-order valence-electron chi connectivity index (χ1n) is 5.91. The number of fused-ring (bicyclic) bond motifs is 1. The maximum atomic E-state index is 12.2. The molecule has 0 radical (unpaired) electrons. The highest BCUT2D eigenvalue weighted by Gasteiger charge is 2.22. The molecule has 0 bridgehead atoms. The number of para-hydroxylation sites is 1. The number of carbonyl (C=O) groups is 1. The molecule has 0 saturated heterocycles. The number of hydrogen-bond acceptors (Lipinski definition) is 2. The second-order valence-electron chi connectivity index (χ2n) is 5.02. The third-order valence-corrected chi connectivity index (χ3v) is 2.79. The molecule has 0 spiro atoms. The summed E-state index contributed by atoms with van der Waals surface area (Å²) >= 11 is 0. The number of amides is 1. The number of methoxy groups -OCH3 is 1. The number of ether oxygens (including phenoxy) is 1. The van der Waals surface area contributed by atoms with Gasteiger partial charge in [-0.05, 0) is 19.9 Å². The molecule has 2 rings (SSSR count). The van der Waals surface area contributed by atoms with Gasteiger partial charge in [-0.15, -0.1) is 0 Å². The monoisotopic (exact) mass is 246 g/mol. The minimum absolute atomic E-state index is 0.0884. The van der Waals surface area contributed by atoms with Crippen molar-refractivity contribution in [1.29, 1.82) is 0 Å². The molecule has 2 N–H and O–H groups in total. The van der Waals surface area contributed by atoms with E-state index in [4.69, 9.17) is 4.74 Å². The zero-order valence-electron chi connectivity index (χ0n) is 10.9. The van der Waals surface area contributed by atoms with Crippen molar-refractivity contribution in [2.75, 3.05) is 13.7 Å². The van der Waals surface area contributed by atoms with Gasteiger partial charge < -0.3 is 15.0 Å². The van der Waals surface area contributed by atoms with Crippen molar-refractivity contribution in [3.05, 3.63) is 36.0 Å². The van der Waals surface area contributed by atoms with Crippen LogP contribution in [0.25, 0.3) is 10.9 Å². The first-order valence-corrected chi connectivity index (χ1v) is 5.91. The molecule has 1 amide bonds. The van der Waals surface area contributed by atoms with E-state index in [0.29, 0.717) is 12.2 Å². The molecule has 0 aliphatic carbocycles. The van der Waals surface area contributed by atoms with Gasteiger partial charge in [-0.25, -0.2) is 0 Å². The lowest BCUT2D eigenvalue weighted by molar-refractivity contribution is 0.0821. The molecular formula is C14H18N2O2. The second kappa shape index (κ2) is 4.82. The molecule has 1 aromatic heterocycles. The molecule has 18 heavy (non-hydrogen) atoms. The number of nitrogens with one attached hydrogen (secondary N) is 2. The van der Waals surface area contributed by atoms with Crippen LogP contribution in [-0.4, -0.2) is 30.1 Å². The molecule has 2 aromatic rings. The Bertz CT molecular complexity index is 558. The van der Waals surface area contributed by atoms with Crippen LogP contribution in [0.5, 0.6) is 0 Å². The summed E-state index contributed by atoms with van der Waals surface area (Å²) < 4.78 is 5.09. The van der Waals surface area contributed by atoms with E-state index in [9.17, 15) is 4.79 Å². The number of rotatable bonds is 4. The lowest BCUT2D eigenvalue weighted by atomic mass is 10.1. The van der Waals surface area contributed by atoms with Gasteiger partial charge in [0.2, 0.25) is 0 Å². The van der Waals surface area contributed by atoms with Crippen LogP contribution in [0.4, 0.5) is 0 Å². The number of aromatic nitrogens is 1. The summed E-state index contributed by atoms with van der Waals surface area (Å²) in [5.41, 5.74) is 1.24. The van der Waals surface area contributed by atoms with Gasteiger partial charge >= 0.3 is 0 Å². The quantitative estimate of drug-likeness (QED) is 0.870. The molecule has 0 atom stereocenters. The fourth-order valence-corrected chi connectivity index (χ4v) is 2.03. The average molecular weight is 246 g/mol. The minimum atomic E-state index is -0.385. The van der Waals surface area contributed by atoms with Crippen LogP contribution in [0.1, 0.15) is 24.2 Å². The van der Waals surface area contributed by atoms with Gasteiger partial charge in [-0.2, -0.15) is 0 Å². The van der Waals surface area contributed by atoms with Crippen molar-refractivity contribution in [1.82, 2.24) is 10.3 Å². The lowest BCUT2D eigenvalue weighted by Gasteiger charge is -2.25. The third-order valence-electron chi connectivity index (χ3n) is 2.79. The SMILES string of the molecule is COCC(C)(C)NC(=O)c1c[nH]c2ccccc12. The molecule has 1 heterocycles. The van der Waals surface area contributed by atoms with Crippen LogP contribution < -0.4 is 5.32 Å². The van der Waals surface area contributed by atoms with Crippen LogP contribution in [0, 0.1) is 0 Å². The highest BCUT2D eigenvalue weighted by atomic mass is 16.5. The average Bonchev–Trinajstić information content (AvgIpc) is 2.71. The van der Waals surface area contributed by atoms with Crippen LogP contribution >= 0.6 is 0 Å². The Balaban J connectivity index is 2.24. The van der Waals surface area contributed by atoms with Gasteiger partial charge in [0.25, 0.3) is 5.91 Å². The van der Waals surface area contributed by atoms with E-state index >= 15 is 0 Å². The predicted octanol–water partition coefficient (Wildman–Crippen LogP) is 2.32. The van der Waals surface area contributed by atoms with Gasteiger partial charge in [-0.3, -0.25) is 4.79 Å². The second-order valence-corrected chi connectivity index (χ2v) is 5.02. The van der Waals surface area contributed by atoms with Crippen molar-refractivity contribution in [3.8, 4) is 0 Å². The van der Waals surface area contributed by atoms with Gasteiger partial charge in [-0.1, -0.05) is 18.2 Å². The molecule has 0 aliphatic heterocycles. The predicted molar refractivity (Wildman–Crippen MR) is 71.7 cm³/mol. The molecule has 0 saturated carbocycles. The van der Waals surface area contributed by atoms with E-state index in [1.165, 1.54) is 0 Å². The Labute approximate surface area is 106 Å². The summed E-state index contributed by atoms with van der Waals surface area (Å²) in [5.74, 6) is -0.0884. The van der Waals surface area contributed by atoms with Crippen LogP contribution in [0.3, 0.4) is 0 Å². The molecule has 4 heteroatoms. The highest BCUT2D eigenvalue weighted by Crippen LogP contribution is 2.18. The summed E-state index contributed by atoms with van der Waals surface area (Å²) in [6.07, 6.45) is 1.74. The summed E-state index contributed by atoms with van der Waals surface area (Å²) in [6.45, 7) is 4.34. The standard InChI is InChI=1S/C14H18N2O2/c1-14(2,9-18-3)16-13(17)11-8-15-12-7-5-4-6-10(11)12/h4-8,15H,9H2,1-3H3,(H,16,17). The zero-order chi connectivity index (χ0) is 13.2. The highest BCUT2D eigenvalue weighted by molar-refractivity contribution is 6.06. The topological polar surface area (TPSA) is 54.1 Å². The van der Waals surface area contributed by atoms with Crippen molar-refractivity contribution in [3.63, 3.8) is 0 Å². The largest absolute Gasteiger partial charge is 0.382 e. The Morgan fingerprint density at radius 3 is 2.83 bits per heavy atom. The van der Waals surface area contributed by atoms with E-state index in [-0.39, 0.29) is 11.4 Å². The third kappa shape index (κ3) is 2.54. The minimum Gasteiger partial charge on any atom is -0.382 e. The molecule has 0 unspecified atom stereocenters. The molecule has 1 aromatic carbocycles. The van der Waals surface area contributed by atoms with Crippen molar-refractivity contribution < 1.29 is 9.53 Å². The molecular weight excluding hydrogens is 228 g/mol. The number of H-pyrrole nitrogens is 1. The fraction of sp³-hybridized carbons (Fsp3) is 0.357. The van der Waals surface area contributed by atoms with Crippen molar-refractivity contribution >= 4 is 16.8 Å². The Morgan fingerprint density at radius 1 is 1.39 bits per heavy atom. The first kappa shape index (κ1) is 12.6. The van der Waals surface area contributed by atoms with E-state index in [0.717, 1.165) is 10.9 Å². The Hall–Kier alpha value is -1.81. The number of carbonyl (C=O) groups excluding carboxylic acids is 1. The smallest absolute Gasteiger partial charge is 0.253 e. The van der Waals surface area contributed by atoms with E-state index in [1.54, 1.807) is 13.3 Å². The summed E-state index contributed by atoms with van der Waals surface area (Å²) in [5, 5.41) is 3.90. The van der Waals surface area contributed by atoms with E-state index in [1.807, 2.05) is 38.1 Å². The van der Waals surface area contributed by atoms with E-state index in [2.05, 4.69) is 10.3 Å². The van der Waals surface area contributed by atoms with Gasteiger partial charge in [0, 0.05) is 24.2 Å². The molecule has 96 valence electrons. The van der Waals surface area contributed by atoms with Crippen LogP contribution in [0.2, 0.25) is 0 Å². The van der Waals surface area contributed by atoms with Gasteiger partial charge in [0.15, 0.2) is 0 Å². The normalized spacial score (nSPS) is 11.7. The maximum absolute atomic E-state index is 12.2. The van der Waals surface area contributed by atoms with Crippen molar-refractivity contribution in [2.24, 2.45) is 0 Å². The summed E-state index contributed by atoms with van der Waals surface area (Å²) in [4.78, 5) is 15.3. The van der Waals surface area contributed by atoms with E-state index < -0.39 is 0 Å². The van der Waals surface area contributed by atoms with Gasteiger partial charge in [0.05, 0.1) is 17.7 Å². The molecule has 0 aliphatic rings. The summed E-state index contributed by atoms with van der Waals surface area (Å²) in [7, 11) is 1.62. The first-order chi connectivity index (χ1) is 8.53. The van der Waals surface area contributed by atoms with Crippen LogP contribution in [-0.2, 0) is 4.74 Å². The van der Waals surface area contributed by atoms with Gasteiger partial charge in [0.1, 0.15) is 0 Å². The maximum Gasteiger partial charge on any atom is 0.253 e.